The highest BCUT2D eigenvalue weighted by atomic mass is 35.5. The Balaban J connectivity index is 0.000000980. The summed E-state index contributed by atoms with van der Waals surface area (Å²) in [5.41, 5.74) is 2.10. The number of hydrogen-bond acceptors (Lipinski definition) is 2. The second-order valence-corrected chi connectivity index (χ2v) is 3.05. The molecule has 0 fully saturated rings. The van der Waals surface area contributed by atoms with E-state index in [0.717, 1.165) is 25.2 Å². The Labute approximate surface area is 88.6 Å². The number of pyridine rings is 1. The van der Waals surface area contributed by atoms with Crippen LogP contribution in [0.5, 0.6) is 0 Å². The molecule has 2 nitrogen and oxygen atoms in total. The van der Waals surface area contributed by atoms with Crippen LogP contribution in [0.15, 0.2) is 24.4 Å². The third-order valence-corrected chi connectivity index (χ3v) is 2.12. The molecule has 0 spiro atoms. The average Bonchev–Trinajstić information content (AvgIpc) is 2.20. The van der Waals surface area contributed by atoms with E-state index in [9.17, 15) is 4.39 Å². The van der Waals surface area contributed by atoms with E-state index in [1.807, 2.05) is 0 Å². The van der Waals surface area contributed by atoms with Crippen LogP contribution in [0, 0.1) is 5.82 Å². The van der Waals surface area contributed by atoms with Gasteiger partial charge in [-0.1, -0.05) is 6.08 Å². The topological polar surface area (TPSA) is 24.9 Å². The summed E-state index contributed by atoms with van der Waals surface area (Å²) < 4.78 is 12.6. The van der Waals surface area contributed by atoms with Crippen molar-refractivity contribution in [2.24, 2.45) is 0 Å². The number of nitrogens with zero attached hydrogens (tertiary/aromatic N) is 1. The van der Waals surface area contributed by atoms with Gasteiger partial charge in [0.25, 0.3) is 0 Å². The van der Waals surface area contributed by atoms with Crippen LogP contribution in [-0.4, -0.2) is 18.1 Å². The third kappa shape index (κ3) is 2.53. The molecule has 2 rings (SSSR count). The molecule has 1 aromatic rings. The zero-order chi connectivity index (χ0) is 9.10. The molecule has 0 atom stereocenters. The minimum atomic E-state index is -0.279. The Hall–Kier alpha value is -0.930. The van der Waals surface area contributed by atoms with Crippen LogP contribution in [0.25, 0.3) is 5.57 Å². The third-order valence-electron chi connectivity index (χ3n) is 2.12. The summed E-state index contributed by atoms with van der Waals surface area (Å²) >= 11 is 0. The van der Waals surface area contributed by atoms with Gasteiger partial charge in [0.05, 0.1) is 11.9 Å². The first-order valence-corrected chi connectivity index (χ1v) is 4.38. The maximum atomic E-state index is 12.6. The molecule has 0 bridgehead atoms. The zero-order valence-corrected chi connectivity index (χ0v) is 8.48. The molecule has 0 aromatic carbocycles. The average molecular weight is 215 g/mol. The van der Waals surface area contributed by atoms with Gasteiger partial charge in [-0.2, -0.15) is 0 Å². The van der Waals surface area contributed by atoms with Crippen LogP contribution in [-0.2, 0) is 0 Å². The van der Waals surface area contributed by atoms with E-state index < -0.39 is 0 Å². The monoisotopic (exact) mass is 214 g/mol. The van der Waals surface area contributed by atoms with Crippen LogP contribution in [0.1, 0.15) is 12.1 Å². The second-order valence-electron chi connectivity index (χ2n) is 3.05. The van der Waals surface area contributed by atoms with Crippen molar-refractivity contribution in [3.8, 4) is 0 Å². The van der Waals surface area contributed by atoms with E-state index in [2.05, 4.69) is 16.4 Å². The Kier molecular flexibility index (Phi) is 4.04. The summed E-state index contributed by atoms with van der Waals surface area (Å²) in [5, 5.41) is 3.22. The fourth-order valence-corrected chi connectivity index (χ4v) is 1.42. The summed E-state index contributed by atoms with van der Waals surface area (Å²) in [5.74, 6) is -0.279. The number of rotatable bonds is 1. The van der Waals surface area contributed by atoms with Gasteiger partial charge in [0.15, 0.2) is 0 Å². The highest BCUT2D eigenvalue weighted by molar-refractivity contribution is 5.85. The van der Waals surface area contributed by atoms with Crippen molar-refractivity contribution in [2.75, 3.05) is 13.1 Å². The van der Waals surface area contributed by atoms with Gasteiger partial charge in [0.1, 0.15) is 5.82 Å². The van der Waals surface area contributed by atoms with Gasteiger partial charge >= 0.3 is 0 Å². The largest absolute Gasteiger partial charge is 0.313 e. The molecule has 0 aliphatic carbocycles. The van der Waals surface area contributed by atoms with Gasteiger partial charge < -0.3 is 5.32 Å². The Bertz CT molecular complexity index is 321. The van der Waals surface area contributed by atoms with Crippen molar-refractivity contribution in [3.05, 3.63) is 35.9 Å². The van der Waals surface area contributed by atoms with Gasteiger partial charge in [-0.15, -0.1) is 12.4 Å². The lowest BCUT2D eigenvalue weighted by molar-refractivity contribution is 0.620. The van der Waals surface area contributed by atoms with Crippen LogP contribution >= 0.6 is 12.4 Å². The Morgan fingerprint density at radius 3 is 2.79 bits per heavy atom. The summed E-state index contributed by atoms with van der Waals surface area (Å²) in [7, 11) is 0. The lowest BCUT2D eigenvalue weighted by Crippen LogP contribution is -2.20. The normalized spacial score (nSPS) is 15.6. The first-order chi connectivity index (χ1) is 6.36. The SMILES string of the molecule is Cl.Fc1ccc(C2=CCNCC2)nc1. The van der Waals surface area contributed by atoms with Crippen molar-refractivity contribution in [1.29, 1.82) is 0 Å². The predicted octanol–water partition coefficient (Wildman–Crippen LogP) is 2.02. The molecule has 14 heavy (non-hydrogen) atoms. The quantitative estimate of drug-likeness (QED) is 0.774. The molecule has 0 saturated carbocycles. The van der Waals surface area contributed by atoms with E-state index in [4.69, 9.17) is 0 Å². The van der Waals surface area contributed by atoms with Crippen molar-refractivity contribution in [2.45, 2.75) is 6.42 Å². The van der Waals surface area contributed by atoms with Crippen LogP contribution in [0.3, 0.4) is 0 Å². The number of halogens is 2. The molecule has 2 heterocycles. The second kappa shape index (κ2) is 5.08. The standard InChI is InChI=1S/C10H11FN2.ClH/c11-9-1-2-10(13-7-9)8-3-5-12-6-4-8;/h1-3,7,12H,4-6H2;1H. The van der Waals surface area contributed by atoms with Crippen LogP contribution < -0.4 is 5.32 Å². The van der Waals surface area contributed by atoms with E-state index in [-0.39, 0.29) is 18.2 Å². The van der Waals surface area contributed by atoms with Crippen molar-refractivity contribution in [1.82, 2.24) is 10.3 Å². The zero-order valence-electron chi connectivity index (χ0n) is 7.66. The molecule has 1 aliphatic heterocycles. The van der Waals surface area contributed by atoms with Crippen molar-refractivity contribution < 1.29 is 4.39 Å². The molecule has 1 aliphatic rings. The molecule has 0 unspecified atom stereocenters. The Morgan fingerprint density at radius 1 is 1.36 bits per heavy atom. The fraction of sp³-hybridized carbons (Fsp3) is 0.300. The summed E-state index contributed by atoms with van der Waals surface area (Å²) in [6.07, 6.45) is 4.33. The van der Waals surface area contributed by atoms with E-state index >= 15 is 0 Å². The molecular weight excluding hydrogens is 203 g/mol. The number of hydrogen-bond donors (Lipinski definition) is 1. The molecule has 4 heteroatoms. The Morgan fingerprint density at radius 2 is 2.21 bits per heavy atom. The smallest absolute Gasteiger partial charge is 0.141 e. The highest BCUT2D eigenvalue weighted by Crippen LogP contribution is 2.16. The maximum absolute atomic E-state index is 12.6. The summed E-state index contributed by atoms with van der Waals surface area (Å²) in [6, 6.07) is 3.18. The van der Waals surface area contributed by atoms with Crippen molar-refractivity contribution >= 4 is 18.0 Å². The fourth-order valence-electron chi connectivity index (χ4n) is 1.42. The van der Waals surface area contributed by atoms with Gasteiger partial charge in [-0.25, -0.2) is 4.39 Å². The minimum Gasteiger partial charge on any atom is -0.313 e. The van der Waals surface area contributed by atoms with Crippen LogP contribution in [0.4, 0.5) is 4.39 Å². The van der Waals surface area contributed by atoms with E-state index in [0.29, 0.717) is 0 Å². The van der Waals surface area contributed by atoms with Crippen molar-refractivity contribution in [3.63, 3.8) is 0 Å². The highest BCUT2D eigenvalue weighted by Gasteiger charge is 2.06. The molecule has 0 saturated heterocycles. The molecule has 1 N–H and O–H groups in total. The molecule has 0 amide bonds. The molecule has 0 radical (unpaired) electrons. The molecular formula is C10H12ClFN2. The van der Waals surface area contributed by atoms with E-state index in [1.54, 1.807) is 6.07 Å². The van der Waals surface area contributed by atoms with Gasteiger partial charge in [0.2, 0.25) is 0 Å². The molecule has 1 aromatic heterocycles. The van der Waals surface area contributed by atoms with Gasteiger partial charge in [-0.05, 0) is 30.7 Å². The number of aromatic nitrogens is 1. The lowest BCUT2D eigenvalue weighted by atomic mass is 10.1. The minimum absolute atomic E-state index is 0. The van der Waals surface area contributed by atoms with Crippen LogP contribution in [0.2, 0.25) is 0 Å². The first-order valence-electron chi connectivity index (χ1n) is 4.38. The van der Waals surface area contributed by atoms with E-state index in [1.165, 1.54) is 17.8 Å². The maximum Gasteiger partial charge on any atom is 0.141 e. The van der Waals surface area contributed by atoms with Gasteiger partial charge in [0, 0.05) is 6.54 Å². The number of nitrogens with one attached hydrogen (secondary N) is 1. The first kappa shape index (κ1) is 11.1. The lowest BCUT2D eigenvalue weighted by Gasteiger charge is -2.12. The predicted molar refractivity (Wildman–Crippen MR) is 56.9 cm³/mol. The molecule has 76 valence electrons. The van der Waals surface area contributed by atoms with Gasteiger partial charge in [-0.3, -0.25) is 4.98 Å². The summed E-state index contributed by atoms with van der Waals surface area (Å²) in [4.78, 5) is 4.03. The summed E-state index contributed by atoms with van der Waals surface area (Å²) in [6.45, 7) is 1.86.